The van der Waals surface area contributed by atoms with E-state index in [2.05, 4.69) is 4.98 Å². The number of carboxylic acid groups (broad SMARTS) is 1. The number of carbonyl (C=O) groups is 1. The number of rotatable bonds is 6. The molecule has 3 atom stereocenters. The molecule has 2 aromatic rings. The Hall–Kier alpha value is -2.25. The summed E-state index contributed by atoms with van der Waals surface area (Å²) in [4.78, 5) is 16.1. The van der Waals surface area contributed by atoms with Crippen molar-refractivity contribution in [3.8, 4) is 11.5 Å². The Kier molecular flexibility index (Phi) is 5.82. The van der Waals surface area contributed by atoms with Gasteiger partial charge in [0, 0.05) is 18.2 Å². The average molecular weight is 460 g/mol. The Labute approximate surface area is 181 Å². The number of carboxylic acids is 1. The minimum Gasteiger partial charge on any atom is -0.481 e. The molecule has 1 aliphatic rings. The second kappa shape index (κ2) is 7.78. The lowest BCUT2D eigenvalue weighted by molar-refractivity contribution is -0.184. The number of aliphatic carboxylic acids is 1. The highest BCUT2D eigenvalue weighted by Crippen LogP contribution is 2.77. The van der Waals surface area contributed by atoms with Gasteiger partial charge >= 0.3 is 12.1 Å². The van der Waals surface area contributed by atoms with Crippen LogP contribution in [0.5, 0.6) is 11.5 Å². The van der Waals surface area contributed by atoms with Crippen molar-refractivity contribution in [2.45, 2.75) is 25.9 Å². The number of aromatic nitrogens is 1. The molecule has 1 N–H and O–H groups in total. The van der Waals surface area contributed by atoms with Gasteiger partial charge < -0.3 is 9.84 Å². The summed E-state index contributed by atoms with van der Waals surface area (Å²) in [5.74, 6) is -4.50. The third-order valence-electron chi connectivity index (χ3n) is 5.71. The molecule has 160 valence electrons. The quantitative estimate of drug-likeness (QED) is 0.530. The lowest BCUT2D eigenvalue weighted by Crippen LogP contribution is -2.38. The summed E-state index contributed by atoms with van der Waals surface area (Å²) in [5.41, 5.74) is -3.95. The minimum absolute atomic E-state index is 0.113. The van der Waals surface area contributed by atoms with Crippen LogP contribution in [0.2, 0.25) is 0 Å². The van der Waals surface area contributed by atoms with Crippen LogP contribution in [-0.4, -0.2) is 22.2 Å². The summed E-state index contributed by atoms with van der Waals surface area (Å²) in [6.45, 7) is 2.89. The Balaban J connectivity index is 2.11. The number of para-hydroxylation sites is 1. The van der Waals surface area contributed by atoms with Crippen molar-refractivity contribution in [3.05, 3.63) is 64.9 Å². The van der Waals surface area contributed by atoms with E-state index in [-0.39, 0.29) is 10.2 Å². The maximum absolute atomic E-state index is 14.3. The van der Waals surface area contributed by atoms with Crippen LogP contribution >= 0.6 is 23.2 Å². The highest BCUT2D eigenvalue weighted by molar-refractivity contribution is 6.55. The van der Waals surface area contributed by atoms with E-state index in [9.17, 15) is 23.1 Å². The molecule has 9 heteroatoms. The molecule has 3 rings (SSSR count). The highest BCUT2D eigenvalue weighted by Gasteiger charge is 2.82. The number of nitrogens with zero attached hydrogens (tertiary/aromatic N) is 1. The number of allylic oxidation sites excluding steroid dienone is 1. The fourth-order valence-corrected chi connectivity index (χ4v) is 4.57. The third kappa shape index (κ3) is 3.76. The van der Waals surface area contributed by atoms with Crippen LogP contribution in [0.3, 0.4) is 0 Å². The van der Waals surface area contributed by atoms with E-state index < -0.39 is 40.5 Å². The minimum atomic E-state index is -4.89. The monoisotopic (exact) mass is 459 g/mol. The maximum atomic E-state index is 14.3. The molecule has 1 aliphatic carbocycles. The fraction of sp³-hybridized carbons (Fsp3) is 0.333. The molecule has 1 heterocycles. The number of alkyl halides is 3. The van der Waals surface area contributed by atoms with Gasteiger partial charge in [0.1, 0.15) is 21.9 Å². The number of pyridine rings is 1. The first-order valence-electron chi connectivity index (χ1n) is 8.94. The van der Waals surface area contributed by atoms with E-state index in [0.717, 1.165) is 18.3 Å². The van der Waals surface area contributed by atoms with E-state index in [1.807, 2.05) is 0 Å². The standard InChI is InChI=1S/C21H18Cl2F3NO3/c1-19(2)15(11-16(22)23)20(19,18(28)29)17(21(24,25)26)14-10-13(8-9-27-14)30-12-6-4-3-5-7-12/h3-11,15,17H,1-2H3,(H,28,29). The fourth-order valence-electron chi connectivity index (χ4n) is 4.32. The lowest BCUT2D eigenvalue weighted by atomic mass is 9.79. The molecular weight excluding hydrogens is 442 g/mol. The Morgan fingerprint density at radius 1 is 1.20 bits per heavy atom. The van der Waals surface area contributed by atoms with Crippen LogP contribution in [0.1, 0.15) is 25.5 Å². The summed E-state index contributed by atoms with van der Waals surface area (Å²) >= 11 is 11.3. The van der Waals surface area contributed by atoms with Gasteiger partial charge in [-0.05, 0) is 29.7 Å². The van der Waals surface area contributed by atoms with Gasteiger partial charge in [0.05, 0.1) is 11.1 Å². The number of benzene rings is 1. The van der Waals surface area contributed by atoms with Crippen molar-refractivity contribution in [2.24, 2.45) is 16.7 Å². The summed E-state index contributed by atoms with van der Waals surface area (Å²) < 4.78 is 48.2. The number of ether oxygens (including phenoxy) is 1. The van der Waals surface area contributed by atoms with E-state index in [1.165, 1.54) is 19.9 Å². The highest BCUT2D eigenvalue weighted by atomic mass is 35.5. The lowest BCUT2D eigenvalue weighted by Gasteiger charge is -2.29. The Morgan fingerprint density at radius 3 is 2.37 bits per heavy atom. The van der Waals surface area contributed by atoms with Crippen molar-refractivity contribution in [2.75, 3.05) is 0 Å². The van der Waals surface area contributed by atoms with Gasteiger partial charge in [-0.15, -0.1) is 0 Å². The SMILES string of the molecule is CC1(C)C(C=C(Cl)Cl)C1(C(=O)O)C(c1cc(Oc2ccccc2)ccn1)C(F)(F)F. The van der Waals surface area contributed by atoms with Crippen molar-refractivity contribution >= 4 is 29.2 Å². The molecule has 0 aliphatic heterocycles. The second-order valence-corrected chi connectivity index (χ2v) is 8.64. The van der Waals surface area contributed by atoms with Crippen molar-refractivity contribution < 1.29 is 27.8 Å². The van der Waals surface area contributed by atoms with Gasteiger partial charge in [-0.25, -0.2) is 0 Å². The molecule has 0 saturated heterocycles. The van der Waals surface area contributed by atoms with Gasteiger partial charge in [-0.3, -0.25) is 9.78 Å². The normalized spacial score (nSPS) is 23.4. The zero-order chi connectivity index (χ0) is 22.3. The smallest absolute Gasteiger partial charge is 0.398 e. The zero-order valence-corrected chi connectivity index (χ0v) is 17.5. The molecule has 30 heavy (non-hydrogen) atoms. The predicted molar refractivity (Wildman–Crippen MR) is 107 cm³/mol. The molecule has 4 nitrogen and oxygen atoms in total. The van der Waals surface area contributed by atoms with Crippen LogP contribution in [0, 0.1) is 16.7 Å². The summed E-state index contributed by atoms with van der Waals surface area (Å²) in [6.07, 6.45) is -2.58. The Morgan fingerprint density at radius 2 is 1.83 bits per heavy atom. The van der Waals surface area contributed by atoms with Crippen molar-refractivity contribution in [1.29, 1.82) is 0 Å². The summed E-state index contributed by atoms with van der Waals surface area (Å²) in [5, 5.41) is 9.95. The van der Waals surface area contributed by atoms with Crippen LogP contribution in [0.4, 0.5) is 13.2 Å². The summed E-state index contributed by atoms with van der Waals surface area (Å²) in [6, 6.07) is 11.0. The average Bonchev–Trinajstić information content (AvgIpc) is 3.10. The molecule has 0 spiro atoms. The number of hydrogen-bond acceptors (Lipinski definition) is 3. The largest absolute Gasteiger partial charge is 0.481 e. The van der Waals surface area contributed by atoms with Gasteiger partial charge in [-0.1, -0.05) is 55.2 Å². The molecule has 1 fully saturated rings. The summed E-state index contributed by atoms with van der Waals surface area (Å²) in [7, 11) is 0. The molecule has 1 saturated carbocycles. The third-order valence-corrected chi connectivity index (χ3v) is 5.96. The topological polar surface area (TPSA) is 59.4 Å². The molecule has 0 radical (unpaired) electrons. The van der Waals surface area contributed by atoms with Crippen molar-refractivity contribution in [1.82, 2.24) is 4.98 Å². The first-order chi connectivity index (χ1) is 13.9. The molecule has 0 amide bonds. The second-order valence-electron chi connectivity index (χ2n) is 7.64. The molecule has 1 aromatic carbocycles. The first kappa shape index (κ1) is 22.4. The van der Waals surface area contributed by atoms with Gasteiger partial charge in [0.25, 0.3) is 0 Å². The van der Waals surface area contributed by atoms with Crippen LogP contribution in [-0.2, 0) is 4.79 Å². The molecular formula is C21H18Cl2F3NO3. The number of hydrogen-bond donors (Lipinski definition) is 1. The molecule has 3 unspecified atom stereocenters. The van der Waals surface area contributed by atoms with Crippen molar-refractivity contribution in [3.63, 3.8) is 0 Å². The Bertz CT molecular complexity index is 975. The molecule has 0 bridgehead atoms. The van der Waals surface area contributed by atoms with E-state index in [0.29, 0.717) is 5.75 Å². The van der Waals surface area contributed by atoms with Crippen LogP contribution in [0.25, 0.3) is 0 Å². The van der Waals surface area contributed by atoms with Crippen LogP contribution in [0.15, 0.2) is 59.2 Å². The van der Waals surface area contributed by atoms with Gasteiger partial charge in [0.2, 0.25) is 0 Å². The van der Waals surface area contributed by atoms with E-state index in [1.54, 1.807) is 30.3 Å². The first-order valence-corrected chi connectivity index (χ1v) is 9.69. The van der Waals surface area contributed by atoms with E-state index >= 15 is 0 Å². The van der Waals surface area contributed by atoms with Gasteiger partial charge in [0.15, 0.2) is 0 Å². The molecule has 1 aromatic heterocycles. The van der Waals surface area contributed by atoms with E-state index in [4.69, 9.17) is 27.9 Å². The maximum Gasteiger partial charge on any atom is 0.398 e. The zero-order valence-electron chi connectivity index (χ0n) is 16.0. The predicted octanol–water partition coefficient (Wildman–Crippen LogP) is 6.57. The van der Waals surface area contributed by atoms with Gasteiger partial charge in [-0.2, -0.15) is 13.2 Å². The number of halogens is 5. The van der Waals surface area contributed by atoms with Crippen LogP contribution < -0.4 is 4.74 Å².